The zero-order valence-electron chi connectivity index (χ0n) is 15.9. The summed E-state index contributed by atoms with van der Waals surface area (Å²) in [6.45, 7) is 2.30. The van der Waals surface area contributed by atoms with Gasteiger partial charge in [-0.25, -0.2) is 0 Å². The van der Waals surface area contributed by atoms with Crippen molar-refractivity contribution in [1.29, 1.82) is 0 Å². The van der Waals surface area contributed by atoms with E-state index in [9.17, 15) is 9.59 Å². The quantitative estimate of drug-likeness (QED) is 0.744. The lowest BCUT2D eigenvalue weighted by atomic mass is 9.88. The fourth-order valence-electron chi connectivity index (χ4n) is 3.99. The number of ether oxygens (including phenoxy) is 4. The number of ketones is 1. The van der Waals surface area contributed by atoms with Gasteiger partial charge in [0.15, 0.2) is 28.8 Å². The smallest absolute Gasteiger partial charge is 0.253 e. The molecule has 0 atom stereocenters. The number of rotatable bonds is 3. The third kappa shape index (κ3) is 3.37. The Kier molecular flexibility index (Phi) is 4.50. The molecule has 2 aromatic rings. The summed E-state index contributed by atoms with van der Waals surface area (Å²) in [5.74, 6) is 2.50. The molecule has 0 radical (unpaired) electrons. The first kappa shape index (κ1) is 17.8. The lowest BCUT2D eigenvalue weighted by molar-refractivity contribution is 0.0650. The van der Waals surface area contributed by atoms with E-state index in [4.69, 9.17) is 18.9 Å². The molecule has 5 rings (SSSR count). The summed E-state index contributed by atoms with van der Waals surface area (Å²) in [4.78, 5) is 27.5. The lowest BCUT2D eigenvalue weighted by Gasteiger charge is -2.31. The number of benzene rings is 2. The van der Waals surface area contributed by atoms with Crippen molar-refractivity contribution in [2.24, 2.45) is 5.92 Å². The molecule has 1 saturated heterocycles. The second-order valence-corrected chi connectivity index (χ2v) is 7.36. The van der Waals surface area contributed by atoms with Crippen LogP contribution in [0.3, 0.4) is 0 Å². The molecule has 0 spiro atoms. The summed E-state index contributed by atoms with van der Waals surface area (Å²) in [5.41, 5.74) is 1.21. The van der Waals surface area contributed by atoms with Gasteiger partial charge in [-0.1, -0.05) is 0 Å². The van der Waals surface area contributed by atoms with Crippen molar-refractivity contribution in [2.75, 3.05) is 33.1 Å². The zero-order chi connectivity index (χ0) is 19.8. The highest BCUT2D eigenvalue weighted by Gasteiger charge is 2.29. The Bertz CT molecular complexity index is 964. The van der Waals surface area contributed by atoms with Crippen LogP contribution in [-0.2, 0) is 0 Å². The number of fused-ring (bicyclic) bond motifs is 2. The molecule has 0 saturated carbocycles. The average molecular weight is 395 g/mol. The molecular weight excluding hydrogens is 374 g/mol. The van der Waals surface area contributed by atoms with Gasteiger partial charge in [-0.15, -0.1) is 0 Å². The van der Waals surface area contributed by atoms with Crippen LogP contribution in [0.5, 0.6) is 23.0 Å². The fourth-order valence-corrected chi connectivity index (χ4v) is 3.99. The number of carbonyl (C=O) groups excluding carboxylic acids is 2. The Labute approximate surface area is 168 Å². The van der Waals surface area contributed by atoms with Crippen molar-refractivity contribution in [2.45, 2.75) is 12.8 Å². The zero-order valence-corrected chi connectivity index (χ0v) is 15.9. The predicted molar refractivity (Wildman–Crippen MR) is 103 cm³/mol. The number of likely N-dealkylation sites (tertiary alicyclic amines) is 1. The van der Waals surface area contributed by atoms with E-state index < -0.39 is 0 Å². The maximum absolute atomic E-state index is 12.9. The Morgan fingerprint density at radius 3 is 2.14 bits per heavy atom. The van der Waals surface area contributed by atoms with Crippen molar-refractivity contribution >= 4 is 11.7 Å². The highest BCUT2D eigenvalue weighted by molar-refractivity contribution is 5.99. The number of amides is 1. The molecule has 3 heterocycles. The van der Waals surface area contributed by atoms with Gasteiger partial charge < -0.3 is 23.8 Å². The normalized spacial score (nSPS) is 17.9. The van der Waals surface area contributed by atoms with E-state index in [1.165, 1.54) is 0 Å². The first-order valence-electron chi connectivity index (χ1n) is 9.82. The molecule has 0 aromatic heterocycles. The van der Waals surface area contributed by atoms with Crippen LogP contribution in [0.1, 0.15) is 33.6 Å². The minimum Gasteiger partial charge on any atom is -0.486 e. The van der Waals surface area contributed by atoms with Gasteiger partial charge in [0.05, 0.1) is 0 Å². The van der Waals surface area contributed by atoms with E-state index in [2.05, 4.69) is 0 Å². The summed E-state index contributed by atoms with van der Waals surface area (Å²) in [7, 11) is 0. The lowest BCUT2D eigenvalue weighted by Crippen LogP contribution is -2.40. The number of nitrogens with zero attached hydrogens (tertiary/aromatic N) is 1. The van der Waals surface area contributed by atoms with E-state index >= 15 is 0 Å². The molecule has 7 nitrogen and oxygen atoms in total. The molecule has 1 fully saturated rings. The number of Topliss-reactive ketones (excluding diaryl/α,β-unsaturated/α-hetero) is 1. The maximum Gasteiger partial charge on any atom is 0.253 e. The molecule has 0 N–H and O–H groups in total. The predicted octanol–water partition coefficient (Wildman–Crippen LogP) is 2.92. The van der Waals surface area contributed by atoms with Crippen molar-refractivity contribution in [3.8, 4) is 23.0 Å². The van der Waals surface area contributed by atoms with Crippen LogP contribution in [0.15, 0.2) is 36.4 Å². The van der Waals surface area contributed by atoms with E-state index in [1.807, 2.05) is 0 Å². The number of hydrogen-bond acceptors (Lipinski definition) is 6. The van der Waals surface area contributed by atoms with Crippen molar-refractivity contribution < 1.29 is 28.5 Å². The molecule has 150 valence electrons. The molecular formula is C22H21NO6. The van der Waals surface area contributed by atoms with Gasteiger partial charge in [0, 0.05) is 30.1 Å². The Hall–Kier alpha value is -3.22. The molecule has 0 bridgehead atoms. The first-order valence-corrected chi connectivity index (χ1v) is 9.82. The van der Waals surface area contributed by atoms with Crippen LogP contribution in [0.4, 0.5) is 0 Å². The minimum atomic E-state index is -0.0987. The van der Waals surface area contributed by atoms with Crippen LogP contribution in [0.25, 0.3) is 0 Å². The Morgan fingerprint density at radius 1 is 0.759 bits per heavy atom. The average Bonchev–Trinajstić information content (AvgIpc) is 3.26. The Balaban J connectivity index is 1.23. The summed E-state index contributed by atoms with van der Waals surface area (Å²) >= 11 is 0. The van der Waals surface area contributed by atoms with E-state index in [0.29, 0.717) is 73.3 Å². The molecule has 3 aliphatic heterocycles. The van der Waals surface area contributed by atoms with Crippen molar-refractivity contribution in [3.63, 3.8) is 0 Å². The number of hydrogen-bond donors (Lipinski definition) is 0. The number of carbonyl (C=O) groups is 2. The number of piperidine rings is 1. The maximum atomic E-state index is 12.9. The van der Waals surface area contributed by atoms with Gasteiger partial charge in [0.25, 0.3) is 5.91 Å². The summed E-state index contributed by atoms with van der Waals surface area (Å²) in [6, 6.07) is 10.6. The third-order valence-electron chi connectivity index (χ3n) is 5.60. The molecule has 3 aliphatic rings. The largest absolute Gasteiger partial charge is 0.486 e. The van der Waals surface area contributed by atoms with Gasteiger partial charge >= 0.3 is 0 Å². The van der Waals surface area contributed by atoms with E-state index in [-0.39, 0.29) is 24.4 Å². The van der Waals surface area contributed by atoms with Crippen LogP contribution in [-0.4, -0.2) is 49.7 Å². The van der Waals surface area contributed by atoms with Gasteiger partial charge in [0.1, 0.15) is 13.2 Å². The second-order valence-electron chi connectivity index (χ2n) is 7.36. The molecule has 1 amide bonds. The van der Waals surface area contributed by atoms with Crippen molar-refractivity contribution in [1.82, 2.24) is 4.90 Å². The van der Waals surface area contributed by atoms with Crippen LogP contribution in [0.2, 0.25) is 0 Å². The SMILES string of the molecule is O=C(c1ccc2c(c1)OCCO2)C1CCN(C(=O)c2ccc3c(c2)OCO3)CC1. The molecule has 0 aliphatic carbocycles. The molecule has 29 heavy (non-hydrogen) atoms. The van der Waals surface area contributed by atoms with Crippen LogP contribution in [0, 0.1) is 5.92 Å². The standard InChI is InChI=1S/C22H21NO6/c24-21(15-1-3-17-19(11-15)27-10-9-26-17)14-5-7-23(8-6-14)22(25)16-2-4-18-20(12-16)29-13-28-18/h1-4,11-12,14H,5-10,13H2. The van der Waals surface area contributed by atoms with Crippen molar-refractivity contribution in [3.05, 3.63) is 47.5 Å². The first-order chi connectivity index (χ1) is 14.2. The molecule has 7 heteroatoms. The summed E-state index contributed by atoms with van der Waals surface area (Å²) < 4.78 is 21.7. The highest BCUT2D eigenvalue weighted by Crippen LogP contribution is 2.34. The fraction of sp³-hybridized carbons (Fsp3) is 0.364. The topological polar surface area (TPSA) is 74.3 Å². The van der Waals surface area contributed by atoms with Gasteiger partial charge in [0.2, 0.25) is 6.79 Å². The molecule has 2 aromatic carbocycles. The van der Waals surface area contributed by atoms with E-state index in [1.54, 1.807) is 41.3 Å². The van der Waals surface area contributed by atoms with E-state index in [0.717, 1.165) is 0 Å². The summed E-state index contributed by atoms with van der Waals surface area (Å²) in [5, 5.41) is 0. The molecule has 0 unspecified atom stereocenters. The summed E-state index contributed by atoms with van der Waals surface area (Å²) in [6.07, 6.45) is 1.28. The van der Waals surface area contributed by atoms with Crippen LogP contribution >= 0.6 is 0 Å². The van der Waals surface area contributed by atoms with Gasteiger partial charge in [-0.05, 0) is 49.2 Å². The monoisotopic (exact) mass is 395 g/mol. The van der Waals surface area contributed by atoms with Crippen LogP contribution < -0.4 is 18.9 Å². The van der Waals surface area contributed by atoms with Gasteiger partial charge in [-0.3, -0.25) is 9.59 Å². The Morgan fingerprint density at radius 2 is 1.34 bits per heavy atom. The third-order valence-corrected chi connectivity index (χ3v) is 5.60. The van der Waals surface area contributed by atoms with Gasteiger partial charge in [-0.2, -0.15) is 0 Å². The minimum absolute atomic E-state index is 0.0477. The highest BCUT2D eigenvalue weighted by atomic mass is 16.7. The second kappa shape index (κ2) is 7.31.